The Hall–Kier alpha value is -1.85. The molecule has 1 N–H and O–H groups in total. The number of aryl methyl sites for hydroxylation is 2. The van der Waals surface area contributed by atoms with Crippen LogP contribution in [0.3, 0.4) is 0 Å². The van der Waals surface area contributed by atoms with Crippen molar-refractivity contribution in [2.45, 2.75) is 32.3 Å². The zero-order valence-electron chi connectivity index (χ0n) is 14.5. The van der Waals surface area contributed by atoms with E-state index in [1.165, 1.54) is 28.5 Å². The molecule has 0 bridgehead atoms. The molecule has 0 heterocycles. The van der Waals surface area contributed by atoms with Crippen LogP contribution in [0.25, 0.3) is 11.1 Å². The van der Waals surface area contributed by atoms with E-state index in [0.717, 1.165) is 30.6 Å². The third-order valence-corrected chi connectivity index (χ3v) is 5.57. The van der Waals surface area contributed by atoms with Gasteiger partial charge in [0.15, 0.2) is 0 Å². The number of fused-ring (bicyclic) bond motifs is 3. The zero-order valence-corrected chi connectivity index (χ0v) is 15.3. The largest absolute Gasteiger partial charge is 0.494 e. The van der Waals surface area contributed by atoms with Crippen molar-refractivity contribution in [3.63, 3.8) is 0 Å². The maximum atomic E-state index is 11.2. The molecule has 0 aliphatic heterocycles. The molecule has 0 radical (unpaired) electrons. The minimum atomic E-state index is -2.94. The summed E-state index contributed by atoms with van der Waals surface area (Å²) in [5.41, 5.74) is 5.88. The molecule has 0 atom stereocenters. The van der Waals surface area contributed by atoms with Gasteiger partial charge in [0.05, 0.1) is 19.0 Å². The first kappa shape index (κ1) is 18.0. The van der Waals surface area contributed by atoms with Crippen LogP contribution in [-0.2, 0) is 29.3 Å². The van der Waals surface area contributed by atoms with Gasteiger partial charge in [-0.25, -0.2) is 8.42 Å². The molecule has 0 aromatic heterocycles. The maximum Gasteiger partial charge on any atom is 0.147 e. The molecule has 1 aliphatic rings. The van der Waals surface area contributed by atoms with E-state index in [-0.39, 0.29) is 12.4 Å². The molecule has 134 valence electrons. The first-order valence-electron chi connectivity index (χ1n) is 8.63. The fourth-order valence-electron chi connectivity index (χ4n) is 3.30. The molecule has 3 rings (SSSR count). The molecule has 1 aliphatic carbocycles. The number of aliphatic hydroxyl groups is 1. The van der Waals surface area contributed by atoms with E-state index < -0.39 is 9.84 Å². The minimum absolute atomic E-state index is 0.0458. The Balaban J connectivity index is 1.79. The van der Waals surface area contributed by atoms with Crippen LogP contribution in [0.5, 0.6) is 5.75 Å². The highest BCUT2D eigenvalue weighted by molar-refractivity contribution is 7.90. The van der Waals surface area contributed by atoms with Gasteiger partial charge in [-0.3, -0.25) is 0 Å². The highest BCUT2D eigenvalue weighted by Crippen LogP contribution is 2.35. The van der Waals surface area contributed by atoms with Gasteiger partial charge in [-0.2, -0.15) is 0 Å². The molecule has 0 saturated heterocycles. The second-order valence-corrected chi connectivity index (χ2v) is 8.91. The van der Waals surface area contributed by atoms with Crippen molar-refractivity contribution in [2.24, 2.45) is 0 Å². The van der Waals surface area contributed by atoms with Gasteiger partial charge in [-0.05, 0) is 71.7 Å². The van der Waals surface area contributed by atoms with Gasteiger partial charge in [-0.1, -0.05) is 18.2 Å². The Kier molecular flexibility index (Phi) is 5.45. The van der Waals surface area contributed by atoms with Crippen molar-refractivity contribution in [3.8, 4) is 16.9 Å². The van der Waals surface area contributed by atoms with E-state index in [2.05, 4.69) is 24.3 Å². The Morgan fingerprint density at radius 2 is 1.84 bits per heavy atom. The number of benzene rings is 2. The summed E-state index contributed by atoms with van der Waals surface area (Å²) in [6.45, 7) is 0.446. The lowest BCUT2D eigenvalue weighted by Gasteiger charge is -2.13. The summed E-state index contributed by atoms with van der Waals surface area (Å²) in [6.07, 6.45) is 4.83. The Morgan fingerprint density at radius 3 is 2.60 bits per heavy atom. The molecular formula is C20H24O4S. The number of ether oxygens (including phenoxy) is 1. The molecule has 4 nitrogen and oxygen atoms in total. The van der Waals surface area contributed by atoms with Gasteiger partial charge in [-0.15, -0.1) is 0 Å². The average Bonchev–Trinajstić information content (AvgIpc) is 2.76. The van der Waals surface area contributed by atoms with Crippen molar-refractivity contribution in [1.82, 2.24) is 0 Å². The number of hydrogen-bond acceptors (Lipinski definition) is 4. The lowest BCUT2D eigenvalue weighted by molar-refractivity contribution is 0.282. The van der Waals surface area contributed by atoms with Crippen LogP contribution in [0.2, 0.25) is 0 Å². The van der Waals surface area contributed by atoms with Crippen LogP contribution in [0, 0.1) is 0 Å². The first-order valence-corrected chi connectivity index (χ1v) is 10.7. The highest BCUT2D eigenvalue weighted by atomic mass is 32.2. The third kappa shape index (κ3) is 4.61. The summed E-state index contributed by atoms with van der Waals surface area (Å²) in [5.74, 6) is 0.934. The number of rotatable bonds is 6. The van der Waals surface area contributed by atoms with Gasteiger partial charge >= 0.3 is 0 Å². The molecule has 0 spiro atoms. The smallest absolute Gasteiger partial charge is 0.147 e. The minimum Gasteiger partial charge on any atom is -0.494 e. The number of aliphatic hydroxyl groups excluding tert-OH is 1. The van der Waals surface area contributed by atoms with Gasteiger partial charge in [0, 0.05) is 6.26 Å². The summed E-state index contributed by atoms with van der Waals surface area (Å²) in [5, 5.41) is 9.42. The van der Waals surface area contributed by atoms with Crippen LogP contribution in [0.1, 0.15) is 29.5 Å². The van der Waals surface area contributed by atoms with Gasteiger partial charge in [0.25, 0.3) is 0 Å². The van der Waals surface area contributed by atoms with Crippen molar-refractivity contribution in [1.29, 1.82) is 0 Å². The fourth-order valence-corrected chi connectivity index (χ4v) is 3.94. The molecule has 25 heavy (non-hydrogen) atoms. The lowest BCUT2D eigenvalue weighted by atomic mass is 9.95. The first-order chi connectivity index (χ1) is 12.0. The summed E-state index contributed by atoms with van der Waals surface area (Å²) in [7, 11) is -2.94. The van der Waals surface area contributed by atoms with Crippen LogP contribution in [-0.4, -0.2) is 32.1 Å². The molecule has 0 unspecified atom stereocenters. The maximum absolute atomic E-state index is 11.2. The highest BCUT2D eigenvalue weighted by Gasteiger charge is 2.15. The third-order valence-electron chi connectivity index (χ3n) is 4.54. The topological polar surface area (TPSA) is 63.6 Å². The van der Waals surface area contributed by atoms with Crippen molar-refractivity contribution >= 4 is 9.84 Å². The van der Waals surface area contributed by atoms with Crippen LogP contribution in [0.4, 0.5) is 0 Å². The Bertz CT molecular complexity index is 856. The van der Waals surface area contributed by atoms with E-state index in [4.69, 9.17) is 4.74 Å². The van der Waals surface area contributed by atoms with E-state index in [1.54, 1.807) is 0 Å². The predicted octanol–water partition coefficient (Wildman–Crippen LogP) is 3.15. The van der Waals surface area contributed by atoms with Crippen molar-refractivity contribution < 1.29 is 18.3 Å². The molecular weight excluding hydrogens is 336 g/mol. The van der Waals surface area contributed by atoms with E-state index in [1.807, 2.05) is 12.1 Å². The van der Waals surface area contributed by atoms with E-state index in [0.29, 0.717) is 13.0 Å². The molecule has 0 amide bonds. The normalized spacial score (nSPS) is 13.7. The summed E-state index contributed by atoms with van der Waals surface area (Å²) < 4.78 is 28.1. The SMILES string of the molecule is CS(=O)(=O)CCCOc1ccc2c(c1)CCCc1ccc(CO)cc1-2. The van der Waals surface area contributed by atoms with Crippen molar-refractivity contribution in [2.75, 3.05) is 18.6 Å². The van der Waals surface area contributed by atoms with Crippen LogP contribution in [0.15, 0.2) is 36.4 Å². The van der Waals surface area contributed by atoms with Crippen LogP contribution >= 0.6 is 0 Å². The summed E-state index contributed by atoms with van der Waals surface area (Å²) in [6, 6.07) is 12.3. The Labute approximate surface area is 149 Å². The fraction of sp³-hybridized carbons (Fsp3) is 0.400. The zero-order chi connectivity index (χ0) is 17.9. The van der Waals surface area contributed by atoms with Gasteiger partial charge in [0.2, 0.25) is 0 Å². The summed E-state index contributed by atoms with van der Waals surface area (Å²) in [4.78, 5) is 0. The molecule has 0 fully saturated rings. The molecule has 0 saturated carbocycles. The molecule has 5 heteroatoms. The number of hydrogen-bond donors (Lipinski definition) is 1. The predicted molar refractivity (Wildman–Crippen MR) is 99.6 cm³/mol. The second-order valence-electron chi connectivity index (χ2n) is 6.65. The molecule has 2 aromatic carbocycles. The van der Waals surface area contributed by atoms with Gasteiger partial charge < -0.3 is 9.84 Å². The average molecular weight is 360 g/mol. The van der Waals surface area contributed by atoms with Gasteiger partial charge in [0.1, 0.15) is 15.6 Å². The van der Waals surface area contributed by atoms with E-state index in [9.17, 15) is 13.5 Å². The number of sulfone groups is 1. The molecule has 2 aromatic rings. The van der Waals surface area contributed by atoms with E-state index >= 15 is 0 Å². The standard InChI is InChI=1S/C20H24O4S/c1-25(22,23)11-3-10-24-18-8-9-19-17(13-18)5-2-4-16-7-6-15(14-21)12-20(16)19/h6-9,12-13,21H,2-5,10-11,14H2,1H3. The second kappa shape index (κ2) is 7.58. The lowest BCUT2D eigenvalue weighted by Crippen LogP contribution is -2.08. The summed E-state index contributed by atoms with van der Waals surface area (Å²) >= 11 is 0. The van der Waals surface area contributed by atoms with Crippen molar-refractivity contribution in [3.05, 3.63) is 53.1 Å². The quantitative estimate of drug-likeness (QED) is 0.804. The Morgan fingerprint density at radius 1 is 1.04 bits per heavy atom. The monoisotopic (exact) mass is 360 g/mol. The van der Waals surface area contributed by atoms with Crippen LogP contribution < -0.4 is 4.74 Å².